The van der Waals surface area contributed by atoms with Crippen molar-refractivity contribution < 1.29 is 9.53 Å². The van der Waals surface area contributed by atoms with E-state index in [4.69, 9.17) is 10.5 Å². The Labute approximate surface area is 133 Å². The van der Waals surface area contributed by atoms with Crippen LogP contribution in [0.25, 0.3) is 0 Å². The molecule has 0 aliphatic rings. The Morgan fingerprint density at radius 2 is 2.05 bits per heavy atom. The number of anilines is 1. The summed E-state index contributed by atoms with van der Waals surface area (Å²) >= 11 is 0. The van der Waals surface area contributed by atoms with Gasteiger partial charge in [0.1, 0.15) is 5.75 Å². The molecule has 3 N–H and O–H groups in total. The fraction of sp³-hybridized carbons (Fsp3) is 0.588. The summed E-state index contributed by atoms with van der Waals surface area (Å²) in [7, 11) is 4.07. The van der Waals surface area contributed by atoms with Crippen LogP contribution in [0.1, 0.15) is 27.2 Å². The van der Waals surface area contributed by atoms with E-state index in [1.54, 1.807) is 0 Å². The predicted molar refractivity (Wildman–Crippen MR) is 91.2 cm³/mol. The molecule has 1 amide bonds. The Balaban J connectivity index is 2.55. The molecule has 0 aliphatic heterocycles. The lowest BCUT2D eigenvalue weighted by atomic mass is 9.87. The molecule has 0 saturated heterocycles. The molecule has 22 heavy (non-hydrogen) atoms. The first-order valence-corrected chi connectivity index (χ1v) is 7.64. The molecular formula is C17H29N3O2. The summed E-state index contributed by atoms with van der Waals surface area (Å²) in [5.41, 5.74) is 6.39. The van der Waals surface area contributed by atoms with Gasteiger partial charge in [0.25, 0.3) is 0 Å². The fourth-order valence-electron chi connectivity index (χ4n) is 1.85. The van der Waals surface area contributed by atoms with Crippen molar-refractivity contribution in [2.45, 2.75) is 33.2 Å². The van der Waals surface area contributed by atoms with Crippen molar-refractivity contribution in [3.63, 3.8) is 0 Å². The maximum Gasteiger partial charge on any atom is 0.241 e. The van der Waals surface area contributed by atoms with E-state index in [9.17, 15) is 4.79 Å². The molecule has 1 aromatic rings. The third kappa shape index (κ3) is 6.45. The monoisotopic (exact) mass is 307 g/mol. The Morgan fingerprint density at radius 1 is 1.36 bits per heavy atom. The van der Waals surface area contributed by atoms with Gasteiger partial charge in [-0.05, 0) is 38.1 Å². The van der Waals surface area contributed by atoms with Gasteiger partial charge < -0.3 is 20.7 Å². The number of nitrogens with one attached hydrogen (secondary N) is 1. The first-order valence-electron chi connectivity index (χ1n) is 7.64. The first kappa shape index (κ1) is 18.5. The van der Waals surface area contributed by atoms with Crippen LogP contribution in [0.5, 0.6) is 5.75 Å². The highest BCUT2D eigenvalue weighted by Gasteiger charge is 2.27. The molecule has 0 aliphatic carbocycles. The van der Waals surface area contributed by atoms with Crippen LogP contribution in [0, 0.1) is 5.41 Å². The number of nitrogens with two attached hydrogens (primary N) is 1. The van der Waals surface area contributed by atoms with Crippen LogP contribution in [-0.4, -0.2) is 44.1 Å². The number of hydrogen-bond acceptors (Lipinski definition) is 4. The molecule has 0 saturated carbocycles. The van der Waals surface area contributed by atoms with Gasteiger partial charge in [-0.15, -0.1) is 0 Å². The van der Waals surface area contributed by atoms with E-state index in [1.807, 2.05) is 59.1 Å². The molecule has 1 rings (SSSR count). The van der Waals surface area contributed by atoms with E-state index < -0.39 is 6.04 Å². The topological polar surface area (TPSA) is 67.6 Å². The lowest BCUT2D eigenvalue weighted by Gasteiger charge is -2.25. The number of hydrogen-bond donors (Lipinski definition) is 2. The second kappa shape index (κ2) is 8.15. The zero-order valence-electron chi connectivity index (χ0n) is 14.3. The molecule has 0 bridgehead atoms. The Bertz CT molecular complexity index is 481. The lowest BCUT2D eigenvalue weighted by Crippen LogP contribution is -2.45. The van der Waals surface area contributed by atoms with Gasteiger partial charge in [-0.1, -0.05) is 26.8 Å². The van der Waals surface area contributed by atoms with E-state index in [-0.39, 0.29) is 11.3 Å². The minimum absolute atomic E-state index is 0.183. The maximum absolute atomic E-state index is 12.1. The highest BCUT2D eigenvalue weighted by molar-refractivity contribution is 5.95. The minimum Gasteiger partial charge on any atom is -0.493 e. The van der Waals surface area contributed by atoms with E-state index in [0.717, 1.165) is 18.7 Å². The predicted octanol–water partition coefficient (Wildman–Crippen LogP) is 2.33. The van der Waals surface area contributed by atoms with Gasteiger partial charge in [0.05, 0.1) is 12.6 Å². The van der Waals surface area contributed by atoms with Crippen molar-refractivity contribution in [1.82, 2.24) is 4.90 Å². The van der Waals surface area contributed by atoms with Crippen LogP contribution < -0.4 is 15.8 Å². The SMILES string of the molecule is CN(C)CCCOc1cccc(NC(=O)[C@@H](N)C(C)(C)C)c1. The zero-order chi connectivity index (χ0) is 16.8. The lowest BCUT2D eigenvalue weighted by molar-refractivity contribution is -0.119. The van der Waals surface area contributed by atoms with Crippen molar-refractivity contribution in [1.29, 1.82) is 0 Å². The van der Waals surface area contributed by atoms with Crippen molar-refractivity contribution >= 4 is 11.6 Å². The van der Waals surface area contributed by atoms with Gasteiger partial charge in [0, 0.05) is 18.3 Å². The molecular weight excluding hydrogens is 278 g/mol. The van der Waals surface area contributed by atoms with Crippen LogP contribution in [0.4, 0.5) is 5.69 Å². The molecule has 5 heteroatoms. The molecule has 124 valence electrons. The van der Waals surface area contributed by atoms with Crippen LogP contribution >= 0.6 is 0 Å². The number of carbonyl (C=O) groups is 1. The number of carbonyl (C=O) groups excluding carboxylic acids is 1. The smallest absolute Gasteiger partial charge is 0.241 e. The molecule has 5 nitrogen and oxygen atoms in total. The molecule has 0 spiro atoms. The summed E-state index contributed by atoms with van der Waals surface area (Å²) in [5, 5.41) is 2.85. The average molecular weight is 307 g/mol. The number of nitrogens with zero attached hydrogens (tertiary/aromatic N) is 1. The normalized spacial score (nSPS) is 13.0. The van der Waals surface area contributed by atoms with Crippen LogP contribution in [0.15, 0.2) is 24.3 Å². The van der Waals surface area contributed by atoms with Crippen LogP contribution in [0.3, 0.4) is 0 Å². The average Bonchev–Trinajstić information content (AvgIpc) is 2.42. The van der Waals surface area contributed by atoms with Crippen LogP contribution in [0.2, 0.25) is 0 Å². The van der Waals surface area contributed by atoms with E-state index in [0.29, 0.717) is 12.3 Å². The van der Waals surface area contributed by atoms with Crippen molar-refractivity contribution in [2.24, 2.45) is 11.1 Å². The van der Waals surface area contributed by atoms with Gasteiger partial charge >= 0.3 is 0 Å². The van der Waals surface area contributed by atoms with Gasteiger partial charge in [-0.25, -0.2) is 0 Å². The van der Waals surface area contributed by atoms with Gasteiger partial charge in [0.2, 0.25) is 5.91 Å². The number of rotatable bonds is 7. The van der Waals surface area contributed by atoms with Gasteiger partial charge in [-0.2, -0.15) is 0 Å². The van der Waals surface area contributed by atoms with Crippen molar-refractivity contribution in [2.75, 3.05) is 32.6 Å². The molecule has 0 fully saturated rings. The highest BCUT2D eigenvalue weighted by Crippen LogP contribution is 2.21. The Kier molecular flexibility index (Phi) is 6.84. The fourth-order valence-corrected chi connectivity index (χ4v) is 1.85. The third-order valence-electron chi connectivity index (χ3n) is 3.34. The minimum atomic E-state index is -0.558. The van der Waals surface area contributed by atoms with Gasteiger partial charge in [0.15, 0.2) is 0 Å². The van der Waals surface area contributed by atoms with E-state index in [2.05, 4.69) is 10.2 Å². The standard InChI is InChI=1S/C17H29N3O2/c1-17(2,3)15(18)16(21)19-13-8-6-9-14(12-13)22-11-7-10-20(4)5/h6,8-9,12,15H,7,10-11,18H2,1-5H3,(H,19,21)/t15-/m1/s1. The number of benzene rings is 1. The maximum atomic E-state index is 12.1. The second-order valence-corrected chi connectivity index (χ2v) is 6.87. The molecule has 0 radical (unpaired) electrons. The van der Waals surface area contributed by atoms with Crippen LogP contribution in [-0.2, 0) is 4.79 Å². The van der Waals surface area contributed by atoms with Crippen molar-refractivity contribution in [3.05, 3.63) is 24.3 Å². The zero-order valence-corrected chi connectivity index (χ0v) is 14.3. The van der Waals surface area contributed by atoms with Gasteiger partial charge in [-0.3, -0.25) is 4.79 Å². The summed E-state index contributed by atoms with van der Waals surface area (Å²) in [4.78, 5) is 14.2. The number of ether oxygens (including phenoxy) is 1. The summed E-state index contributed by atoms with van der Waals surface area (Å²) in [5.74, 6) is 0.568. The third-order valence-corrected chi connectivity index (χ3v) is 3.34. The number of amides is 1. The quantitative estimate of drug-likeness (QED) is 0.759. The van der Waals surface area contributed by atoms with Crippen molar-refractivity contribution in [3.8, 4) is 5.75 Å². The first-order chi connectivity index (χ1) is 10.2. The summed E-state index contributed by atoms with van der Waals surface area (Å²) in [6, 6.07) is 6.84. The summed E-state index contributed by atoms with van der Waals surface area (Å²) in [6.45, 7) is 7.47. The summed E-state index contributed by atoms with van der Waals surface area (Å²) in [6.07, 6.45) is 0.957. The molecule has 0 aromatic heterocycles. The molecule has 1 aromatic carbocycles. The molecule has 0 unspecified atom stereocenters. The molecule has 1 atom stereocenters. The van der Waals surface area contributed by atoms with E-state index in [1.165, 1.54) is 0 Å². The second-order valence-electron chi connectivity index (χ2n) is 6.87. The highest BCUT2D eigenvalue weighted by atomic mass is 16.5. The Morgan fingerprint density at radius 3 is 2.64 bits per heavy atom. The van der Waals surface area contributed by atoms with E-state index >= 15 is 0 Å². The molecule has 0 heterocycles. The largest absolute Gasteiger partial charge is 0.493 e. The summed E-state index contributed by atoms with van der Waals surface area (Å²) < 4.78 is 5.70. The Hall–Kier alpha value is -1.59.